The van der Waals surface area contributed by atoms with Crippen molar-refractivity contribution < 1.29 is 0 Å². The van der Waals surface area contributed by atoms with Gasteiger partial charge in [0.2, 0.25) is 0 Å². The largest absolute Gasteiger partial charge is 0.361 e. The number of likely N-dealkylation sites (tertiary alicyclic amines) is 1. The van der Waals surface area contributed by atoms with Gasteiger partial charge in [-0.25, -0.2) is 15.0 Å². The molecule has 142 valence electrons. The number of hydrogen-bond donors (Lipinski definition) is 2. The van der Waals surface area contributed by atoms with Gasteiger partial charge >= 0.3 is 0 Å². The molecule has 1 aromatic carbocycles. The highest BCUT2D eigenvalue weighted by atomic mass is 15.1. The minimum atomic E-state index is 0.627. The Morgan fingerprint density at radius 1 is 1.04 bits per heavy atom. The Bertz CT molecular complexity index is 1050. The van der Waals surface area contributed by atoms with Crippen LogP contribution in [-0.4, -0.2) is 42.9 Å². The lowest BCUT2D eigenvalue weighted by Crippen LogP contribution is -2.35. The van der Waals surface area contributed by atoms with E-state index in [1.54, 1.807) is 12.5 Å². The monoisotopic (exact) mass is 372 g/mol. The summed E-state index contributed by atoms with van der Waals surface area (Å²) in [6.07, 6.45) is 10.7. The lowest BCUT2D eigenvalue weighted by atomic mass is 9.92. The number of rotatable bonds is 5. The van der Waals surface area contributed by atoms with Crippen LogP contribution in [0.5, 0.6) is 0 Å². The topological polar surface area (TPSA) is 73.5 Å². The fraction of sp³-hybridized carbons (Fsp3) is 0.318. The molecule has 0 saturated carbocycles. The van der Waals surface area contributed by atoms with E-state index in [1.165, 1.54) is 35.9 Å². The standard InChI is InChI=1S/C22H24N6/c1-2-16(10-19-12-21(27-15-26-19)22-24-7-8-25-22)13-28(9-1)14-17-3-4-18-5-6-23-20(18)11-17/h3-8,11-12,15-16,23H,1-2,9-10,13-14H2,(H,24,25)/t16-/m1/s1. The van der Waals surface area contributed by atoms with E-state index >= 15 is 0 Å². The molecule has 0 amide bonds. The summed E-state index contributed by atoms with van der Waals surface area (Å²) in [5, 5.41) is 1.27. The van der Waals surface area contributed by atoms with E-state index < -0.39 is 0 Å². The highest BCUT2D eigenvalue weighted by Crippen LogP contribution is 2.23. The van der Waals surface area contributed by atoms with Gasteiger partial charge in [-0.15, -0.1) is 0 Å². The maximum atomic E-state index is 4.51. The molecule has 4 heterocycles. The van der Waals surface area contributed by atoms with Gasteiger partial charge in [-0.1, -0.05) is 12.1 Å². The van der Waals surface area contributed by atoms with Gasteiger partial charge in [0, 0.05) is 42.9 Å². The predicted molar refractivity (Wildman–Crippen MR) is 110 cm³/mol. The molecule has 1 atom stereocenters. The Labute approximate surface area is 164 Å². The Morgan fingerprint density at radius 2 is 2.04 bits per heavy atom. The zero-order valence-corrected chi connectivity index (χ0v) is 15.8. The lowest BCUT2D eigenvalue weighted by Gasteiger charge is -2.32. The number of benzene rings is 1. The van der Waals surface area contributed by atoms with Crippen LogP contribution in [-0.2, 0) is 13.0 Å². The fourth-order valence-corrected chi connectivity index (χ4v) is 4.25. The third-order valence-corrected chi connectivity index (χ3v) is 5.59. The Kier molecular flexibility index (Phi) is 4.62. The number of piperidine rings is 1. The van der Waals surface area contributed by atoms with Crippen molar-refractivity contribution in [3.8, 4) is 11.5 Å². The van der Waals surface area contributed by atoms with Gasteiger partial charge < -0.3 is 9.97 Å². The number of nitrogens with one attached hydrogen (secondary N) is 2. The minimum absolute atomic E-state index is 0.627. The third-order valence-electron chi connectivity index (χ3n) is 5.59. The molecule has 1 aliphatic rings. The van der Waals surface area contributed by atoms with Gasteiger partial charge in [0.15, 0.2) is 5.82 Å². The van der Waals surface area contributed by atoms with Crippen LogP contribution in [0.4, 0.5) is 0 Å². The average Bonchev–Trinajstić information content (AvgIpc) is 3.40. The number of nitrogens with zero attached hydrogens (tertiary/aromatic N) is 4. The summed E-state index contributed by atoms with van der Waals surface area (Å²) in [6, 6.07) is 10.9. The molecule has 1 saturated heterocycles. The molecule has 0 aliphatic carbocycles. The first kappa shape index (κ1) is 17.1. The summed E-state index contributed by atoms with van der Waals surface area (Å²) in [6.45, 7) is 3.29. The van der Waals surface area contributed by atoms with E-state index in [1.807, 2.05) is 12.4 Å². The predicted octanol–water partition coefficient (Wildman–Crippen LogP) is 3.80. The highest BCUT2D eigenvalue weighted by molar-refractivity contribution is 5.79. The summed E-state index contributed by atoms with van der Waals surface area (Å²) in [4.78, 5) is 22.2. The van der Waals surface area contributed by atoms with E-state index in [0.29, 0.717) is 5.92 Å². The van der Waals surface area contributed by atoms with Crippen LogP contribution >= 0.6 is 0 Å². The summed E-state index contributed by atoms with van der Waals surface area (Å²) in [5.41, 5.74) is 4.55. The van der Waals surface area contributed by atoms with Crippen molar-refractivity contribution in [1.82, 2.24) is 29.8 Å². The van der Waals surface area contributed by atoms with Crippen LogP contribution in [0, 0.1) is 5.92 Å². The SMILES string of the molecule is c1nc(C[C@H]2CCCN(Cc3ccc4cc[nH]c4c3)C2)cc(-c2ncc[nH]2)n1. The van der Waals surface area contributed by atoms with Gasteiger partial charge in [-0.05, 0) is 60.9 Å². The molecule has 0 spiro atoms. The molecule has 28 heavy (non-hydrogen) atoms. The van der Waals surface area contributed by atoms with Crippen molar-refractivity contribution in [3.63, 3.8) is 0 Å². The van der Waals surface area contributed by atoms with Gasteiger partial charge in [-0.2, -0.15) is 0 Å². The average molecular weight is 372 g/mol. The van der Waals surface area contributed by atoms with Gasteiger partial charge in [0.25, 0.3) is 0 Å². The molecule has 4 aromatic rings. The molecule has 1 fully saturated rings. The van der Waals surface area contributed by atoms with E-state index in [9.17, 15) is 0 Å². The number of imidazole rings is 1. The van der Waals surface area contributed by atoms with E-state index in [0.717, 1.165) is 36.7 Å². The Hall–Kier alpha value is -2.99. The van der Waals surface area contributed by atoms with Crippen molar-refractivity contribution in [1.29, 1.82) is 0 Å². The zero-order chi connectivity index (χ0) is 18.8. The van der Waals surface area contributed by atoms with Crippen LogP contribution in [0.1, 0.15) is 24.1 Å². The number of aromatic amines is 2. The number of hydrogen-bond acceptors (Lipinski definition) is 4. The molecule has 0 radical (unpaired) electrons. The molecule has 0 bridgehead atoms. The maximum Gasteiger partial charge on any atom is 0.156 e. The summed E-state index contributed by atoms with van der Waals surface area (Å²) in [5.74, 6) is 1.43. The first-order valence-electron chi connectivity index (χ1n) is 9.92. The Balaban J connectivity index is 1.25. The second-order valence-electron chi connectivity index (χ2n) is 7.68. The second kappa shape index (κ2) is 7.56. The molecule has 2 N–H and O–H groups in total. The Morgan fingerprint density at radius 3 is 2.96 bits per heavy atom. The number of H-pyrrole nitrogens is 2. The summed E-state index contributed by atoms with van der Waals surface area (Å²) >= 11 is 0. The molecule has 6 heteroatoms. The number of aromatic nitrogens is 5. The first-order chi connectivity index (χ1) is 13.8. The van der Waals surface area contributed by atoms with E-state index in [-0.39, 0.29) is 0 Å². The lowest BCUT2D eigenvalue weighted by molar-refractivity contribution is 0.166. The minimum Gasteiger partial charge on any atom is -0.361 e. The highest BCUT2D eigenvalue weighted by Gasteiger charge is 2.21. The van der Waals surface area contributed by atoms with Gasteiger partial charge in [0.05, 0.1) is 0 Å². The van der Waals surface area contributed by atoms with E-state index in [2.05, 4.69) is 60.2 Å². The zero-order valence-electron chi connectivity index (χ0n) is 15.8. The molecule has 6 nitrogen and oxygen atoms in total. The van der Waals surface area contributed by atoms with Crippen LogP contribution in [0.25, 0.3) is 22.4 Å². The normalized spacial score (nSPS) is 17.9. The summed E-state index contributed by atoms with van der Waals surface area (Å²) < 4.78 is 0. The van der Waals surface area contributed by atoms with Gasteiger partial charge in [0.1, 0.15) is 12.0 Å². The summed E-state index contributed by atoms with van der Waals surface area (Å²) in [7, 11) is 0. The number of fused-ring (bicyclic) bond motifs is 1. The second-order valence-corrected chi connectivity index (χ2v) is 7.68. The first-order valence-corrected chi connectivity index (χ1v) is 9.92. The smallest absolute Gasteiger partial charge is 0.156 e. The molecular formula is C22H24N6. The van der Waals surface area contributed by atoms with Crippen LogP contribution in [0.3, 0.4) is 0 Å². The molecular weight excluding hydrogens is 348 g/mol. The molecule has 1 aliphatic heterocycles. The quantitative estimate of drug-likeness (QED) is 0.559. The van der Waals surface area contributed by atoms with Crippen LogP contribution in [0.2, 0.25) is 0 Å². The van der Waals surface area contributed by atoms with Crippen molar-refractivity contribution in [2.24, 2.45) is 5.92 Å². The molecule has 0 unspecified atom stereocenters. The van der Waals surface area contributed by atoms with Gasteiger partial charge in [-0.3, -0.25) is 4.90 Å². The van der Waals surface area contributed by atoms with Crippen molar-refractivity contribution in [2.75, 3.05) is 13.1 Å². The van der Waals surface area contributed by atoms with Crippen molar-refractivity contribution in [3.05, 3.63) is 66.5 Å². The van der Waals surface area contributed by atoms with E-state index in [4.69, 9.17) is 0 Å². The van der Waals surface area contributed by atoms with Crippen LogP contribution in [0.15, 0.2) is 55.2 Å². The maximum absolute atomic E-state index is 4.51. The molecule has 5 rings (SSSR count). The third kappa shape index (κ3) is 3.68. The van der Waals surface area contributed by atoms with Crippen molar-refractivity contribution >= 4 is 10.9 Å². The van der Waals surface area contributed by atoms with Crippen LogP contribution < -0.4 is 0 Å². The molecule has 3 aromatic heterocycles. The fourth-order valence-electron chi connectivity index (χ4n) is 4.25. The van der Waals surface area contributed by atoms with Crippen molar-refractivity contribution in [2.45, 2.75) is 25.8 Å².